The van der Waals surface area contributed by atoms with Crippen LogP contribution >= 0.6 is 0 Å². The van der Waals surface area contributed by atoms with Crippen LogP contribution in [-0.4, -0.2) is 32.8 Å². The molecule has 0 aliphatic rings. The zero-order valence-corrected chi connectivity index (χ0v) is 12.7. The molecular weight excluding hydrogens is 258 g/mol. The Bertz CT molecular complexity index is 500. The monoisotopic (exact) mass is 281 g/mol. The second-order valence-corrected chi connectivity index (χ2v) is 6.17. The minimum absolute atomic E-state index is 0.0909. The molecule has 1 aromatic heterocycles. The number of aliphatic carboxylic acids is 1. The fourth-order valence-corrected chi connectivity index (χ4v) is 1.96. The zero-order valence-electron chi connectivity index (χ0n) is 12.7. The molecule has 0 aliphatic carbocycles. The van der Waals surface area contributed by atoms with Gasteiger partial charge in [0.25, 0.3) is 0 Å². The van der Waals surface area contributed by atoms with Crippen molar-refractivity contribution in [3.8, 4) is 0 Å². The van der Waals surface area contributed by atoms with E-state index in [0.717, 1.165) is 11.4 Å². The lowest BCUT2D eigenvalue weighted by molar-refractivity contribution is -0.138. The molecule has 20 heavy (non-hydrogen) atoms. The molecule has 6 heteroatoms. The van der Waals surface area contributed by atoms with Crippen molar-refractivity contribution in [2.75, 3.05) is 0 Å². The molecule has 0 radical (unpaired) electrons. The number of rotatable bonds is 5. The highest BCUT2D eigenvalue weighted by molar-refractivity contribution is 5.77. The Labute approximate surface area is 119 Å². The van der Waals surface area contributed by atoms with Crippen LogP contribution in [0.3, 0.4) is 0 Å². The summed E-state index contributed by atoms with van der Waals surface area (Å²) in [4.78, 5) is 22.9. The summed E-state index contributed by atoms with van der Waals surface area (Å²) in [6.45, 7) is 9.57. The number of nitrogens with zero attached hydrogens (tertiary/aromatic N) is 2. The summed E-state index contributed by atoms with van der Waals surface area (Å²) >= 11 is 0. The van der Waals surface area contributed by atoms with Gasteiger partial charge in [0.2, 0.25) is 5.91 Å². The number of carboxylic acid groups (broad SMARTS) is 1. The van der Waals surface area contributed by atoms with Crippen LogP contribution in [0.25, 0.3) is 0 Å². The van der Waals surface area contributed by atoms with Crippen LogP contribution in [0.1, 0.15) is 38.6 Å². The van der Waals surface area contributed by atoms with E-state index >= 15 is 0 Å². The zero-order chi connectivity index (χ0) is 15.5. The first-order valence-electron chi connectivity index (χ1n) is 6.62. The van der Waals surface area contributed by atoms with E-state index < -0.39 is 12.0 Å². The van der Waals surface area contributed by atoms with Gasteiger partial charge in [0.1, 0.15) is 6.54 Å². The number of aryl methyl sites for hydroxylation is 2. The van der Waals surface area contributed by atoms with E-state index in [-0.39, 0.29) is 24.3 Å². The van der Waals surface area contributed by atoms with Crippen LogP contribution in [0.2, 0.25) is 0 Å². The van der Waals surface area contributed by atoms with E-state index in [1.807, 2.05) is 40.7 Å². The number of hydrogen-bond donors (Lipinski definition) is 2. The smallest absolute Gasteiger partial charge is 0.305 e. The third-order valence-electron chi connectivity index (χ3n) is 3.16. The van der Waals surface area contributed by atoms with Crippen LogP contribution < -0.4 is 5.32 Å². The first-order chi connectivity index (χ1) is 9.09. The number of carbonyl (C=O) groups is 2. The van der Waals surface area contributed by atoms with Gasteiger partial charge < -0.3 is 10.4 Å². The lowest BCUT2D eigenvalue weighted by Crippen LogP contribution is -2.46. The number of nitrogens with one attached hydrogen (secondary N) is 1. The molecular formula is C14H23N3O3. The molecule has 0 fully saturated rings. The minimum Gasteiger partial charge on any atom is -0.481 e. The van der Waals surface area contributed by atoms with Gasteiger partial charge in [-0.15, -0.1) is 0 Å². The highest BCUT2D eigenvalue weighted by Crippen LogP contribution is 2.21. The van der Waals surface area contributed by atoms with Crippen LogP contribution in [0.5, 0.6) is 0 Å². The lowest BCUT2D eigenvalue weighted by Gasteiger charge is -2.30. The average molecular weight is 281 g/mol. The molecule has 0 bridgehead atoms. The molecule has 1 aromatic rings. The molecule has 0 aliphatic heterocycles. The first-order valence-corrected chi connectivity index (χ1v) is 6.62. The number of hydrogen-bond acceptors (Lipinski definition) is 3. The quantitative estimate of drug-likeness (QED) is 0.856. The molecule has 1 unspecified atom stereocenters. The molecule has 1 heterocycles. The van der Waals surface area contributed by atoms with Gasteiger partial charge in [-0.25, -0.2) is 0 Å². The molecule has 1 amide bonds. The lowest BCUT2D eigenvalue weighted by atomic mass is 9.84. The van der Waals surface area contributed by atoms with Gasteiger partial charge in [-0.1, -0.05) is 20.8 Å². The largest absolute Gasteiger partial charge is 0.481 e. The highest BCUT2D eigenvalue weighted by Gasteiger charge is 2.28. The Morgan fingerprint density at radius 2 is 2.00 bits per heavy atom. The first kappa shape index (κ1) is 16.2. The summed E-state index contributed by atoms with van der Waals surface area (Å²) in [5.41, 5.74) is 1.44. The maximum atomic E-state index is 12.0. The summed E-state index contributed by atoms with van der Waals surface area (Å²) in [7, 11) is 0. The van der Waals surface area contributed by atoms with Gasteiger partial charge >= 0.3 is 5.97 Å². The van der Waals surface area contributed by atoms with Crippen LogP contribution in [0.4, 0.5) is 0 Å². The van der Waals surface area contributed by atoms with Crippen LogP contribution in [0.15, 0.2) is 6.07 Å². The fraction of sp³-hybridized carbons (Fsp3) is 0.643. The second kappa shape index (κ2) is 6.07. The van der Waals surface area contributed by atoms with Crippen molar-refractivity contribution in [2.24, 2.45) is 5.41 Å². The summed E-state index contributed by atoms with van der Waals surface area (Å²) < 4.78 is 1.62. The Morgan fingerprint density at radius 1 is 1.40 bits per heavy atom. The number of carbonyl (C=O) groups excluding carboxylic acids is 1. The topological polar surface area (TPSA) is 84.2 Å². The van der Waals surface area contributed by atoms with E-state index in [2.05, 4.69) is 10.4 Å². The van der Waals surface area contributed by atoms with Crippen molar-refractivity contribution in [3.63, 3.8) is 0 Å². The summed E-state index contributed by atoms with van der Waals surface area (Å²) in [6, 6.07) is 1.48. The molecule has 1 rings (SSSR count). The maximum Gasteiger partial charge on any atom is 0.305 e. The van der Waals surface area contributed by atoms with Gasteiger partial charge in [0.15, 0.2) is 0 Å². The van der Waals surface area contributed by atoms with E-state index in [1.54, 1.807) is 4.68 Å². The van der Waals surface area contributed by atoms with Crippen LogP contribution in [0, 0.1) is 19.3 Å². The van der Waals surface area contributed by atoms with E-state index in [1.165, 1.54) is 0 Å². The average Bonchev–Trinajstić information content (AvgIpc) is 2.54. The van der Waals surface area contributed by atoms with E-state index in [0.29, 0.717) is 0 Å². The number of aromatic nitrogens is 2. The Morgan fingerprint density at radius 3 is 2.40 bits per heavy atom. The van der Waals surface area contributed by atoms with E-state index in [4.69, 9.17) is 5.11 Å². The summed E-state index contributed by atoms with van der Waals surface area (Å²) in [6.07, 6.45) is -0.0909. The van der Waals surface area contributed by atoms with Crippen LogP contribution in [-0.2, 0) is 16.1 Å². The Kier molecular flexibility index (Phi) is 4.92. The normalized spacial score (nSPS) is 13.1. The fourth-order valence-electron chi connectivity index (χ4n) is 1.96. The Balaban J connectivity index is 2.71. The molecule has 2 N–H and O–H groups in total. The van der Waals surface area contributed by atoms with Gasteiger partial charge in [-0.05, 0) is 25.3 Å². The van der Waals surface area contributed by atoms with E-state index in [9.17, 15) is 9.59 Å². The minimum atomic E-state index is -0.920. The highest BCUT2D eigenvalue weighted by atomic mass is 16.4. The molecule has 112 valence electrons. The molecule has 0 spiro atoms. The van der Waals surface area contributed by atoms with Gasteiger partial charge in [0.05, 0.1) is 12.1 Å². The number of amides is 1. The van der Waals surface area contributed by atoms with Crippen molar-refractivity contribution in [1.29, 1.82) is 0 Å². The molecule has 1 atom stereocenters. The third-order valence-corrected chi connectivity index (χ3v) is 3.16. The predicted molar refractivity (Wildman–Crippen MR) is 75.3 cm³/mol. The standard InChI is InChI=1S/C14H23N3O3/c1-9-6-10(2)17(16-9)8-12(18)15-11(7-13(19)20)14(3,4)5/h6,11H,7-8H2,1-5H3,(H,15,18)(H,19,20). The van der Waals surface area contributed by atoms with Crippen molar-refractivity contribution in [1.82, 2.24) is 15.1 Å². The van der Waals surface area contributed by atoms with Gasteiger partial charge in [-0.2, -0.15) is 5.10 Å². The number of carboxylic acids is 1. The van der Waals surface area contributed by atoms with Gasteiger partial charge in [0, 0.05) is 11.7 Å². The summed E-state index contributed by atoms with van der Waals surface area (Å²) in [5.74, 6) is -1.14. The van der Waals surface area contributed by atoms with Crippen molar-refractivity contribution in [2.45, 2.75) is 53.6 Å². The SMILES string of the molecule is Cc1cc(C)n(CC(=O)NC(CC(=O)O)C(C)(C)C)n1. The molecule has 6 nitrogen and oxygen atoms in total. The van der Waals surface area contributed by atoms with Crippen molar-refractivity contribution >= 4 is 11.9 Å². The van der Waals surface area contributed by atoms with Crippen molar-refractivity contribution < 1.29 is 14.7 Å². The predicted octanol–water partition coefficient (Wildman–Crippen LogP) is 1.51. The molecule has 0 saturated heterocycles. The van der Waals surface area contributed by atoms with Crippen molar-refractivity contribution in [3.05, 3.63) is 17.5 Å². The molecule has 0 saturated carbocycles. The molecule has 0 aromatic carbocycles. The third kappa shape index (κ3) is 4.68. The maximum absolute atomic E-state index is 12.0. The summed E-state index contributed by atoms with van der Waals surface area (Å²) in [5, 5.41) is 15.9. The van der Waals surface area contributed by atoms with Gasteiger partial charge in [-0.3, -0.25) is 14.3 Å². The second-order valence-electron chi connectivity index (χ2n) is 6.17. The Hall–Kier alpha value is -1.85.